The maximum atomic E-state index is 13.4. The van der Waals surface area contributed by atoms with Crippen molar-refractivity contribution in [3.05, 3.63) is 76.1 Å². The molecular formula is C40H57N3O6. The number of carbonyl (C=O) groups is 1. The molecule has 0 spiro atoms. The van der Waals surface area contributed by atoms with Crippen LogP contribution in [0.5, 0.6) is 5.75 Å². The zero-order chi connectivity index (χ0) is 34.5. The van der Waals surface area contributed by atoms with Crippen LogP contribution in [0.15, 0.2) is 59.4 Å². The van der Waals surface area contributed by atoms with Crippen molar-refractivity contribution in [1.82, 2.24) is 15.2 Å². The fraction of sp³-hybridized carbons (Fsp3) is 0.600. The molecule has 5 N–H and O–H groups in total. The molecule has 49 heavy (non-hydrogen) atoms. The minimum absolute atomic E-state index is 0.00233. The monoisotopic (exact) mass is 675 g/mol. The Kier molecular flexibility index (Phi) is 14.1. The minimum atomic E-state index is -1.56. The maximum Gasteiger partial charge on any atom is 0.343 e. The molecule has 2 aromatic carbocycles. The van der Waals surface area contributed by atoms with Crippen molar-refractivity contribution >= 4 is 16.9 Å². The number of rotatable bonds is 18. The third kappa shape index (κ3) is 10.2. The number of nitrogens with zero attached hydrogens (tertiary/aromatic N) is 1. The smallest absolute Gasteiger partial charge is 0.343 e. The first-order chi connectivity index (χ1) is 23.9. The van der Waals surface area contributed by atoms with Crippen LogP contribution in [0.25, 0.3) is 10.9 Å². The summed E-state index contributed by atoms with van der Waals surface area (Å²) in [5, 5.41) is 36.5. The van der Waals surface area contributed by atoms with Gasteiger partial charge in [-0.05, 0) is 93.9 Å². The molecule has 268 valence electrons. The number of benzene rings is 2. The predicted octanol–water partition coefficient (Wildman–Crippen LogP) is 6.31. The van der Waals surface area contributed by atoms with Crippen molar-refractivity contribution in [3.63, 3.8) is 0 Å². The molecule has 1 aliphatic carbocycles. The van der Waals surface area contributed by atoms with Gasteiger partial charge in [-0.25, -0.2) is 4.79 Å². The number of nitrogens with one attached hydrogen (secondary N) is 2. The molecule has 5 rings (SSSR count). The number of ether oxygens (including phenoxy) is 1. The minimum Gasteiger partial charge on any atom is -0.506 e. The van der Waals surface area contributed by atoms with E-state index in [0.717, 1.165) is 84.0 Å². The number of aromatic hydroxyl groups is 1. The lowest BCUT2D eigenvalue weighted by Gasteiger charge is -2.37. The molecule has 2 atom stereocenters. The van der Waals surface area contributed by atoms with Crippen LogP contribution in [0.1, 0.15) is 107 Å². The van der Waals surface area contributed by atoms with Gasteiger partial charge in [-0.2, -0.15) is 0 Å². The molecule has 1 saturated carbocycles. The molecule has 0 bridgehead atoms. The number of pyridine rings is 1. The number of phenolic OH excluding ortho intramolecular Hbond substituents is 1. The van der Waals surface area contributed by atoms with Gasteiger partial charge in [-0.3, -0.25) is 4.79 Å². The van der Waals surface area contributed by atoms with E-state index in [1.54, 1.807) is 12.1 Å². The maximum absolute atomic E-state index is 13.4. The van der Waals surface area contributed by atoms with E-state index in [1.807, 2.05) is 30.3 Å². The molecule has 2 aliphatic rings. The summed E-state index contributed by atoms with van der Waals surface area (Å²) >= 11 is 0. The lowest BCUT2D eigenvalue weighted by molar-refractivity contribution is -0.177. The van der Waals surface area contributed by atoms with E-state index in [2.05, 4.69) is 15.2 Å². The van der Waals surface area contributed by atoms with Crippen molar-refractivity contribution in [2.24, 2.45) is 11.8 Å². The number of unbranched alkanes of at least 4 members (excludes halogenated alkanes) is 6. The first-order valence-electron chi connectivity index (χ1n) is 18.8. The van der Waals surface area contributed by atoms with Gasteiger partial charge in [0.05, 0.1) is 18.2 Å². The van der Waals surface area contributed by atoms with Crippen LogP contribution in [-0.4, -0.2) is 70.5 Å². The SMILES string of the molecule is O=C(OCC1CCN(CCCCCCCCCNC[C@H](O)c2ccc(O)c3[nH]c(=O)ccc23)CC1)[C@](O)(c1ccccc1)C1CCCCC1. The van der Waals surface area contributed by atoms with E-state index >= 15 is 0 Å². The van der Waals surface area contributed by atoms with Gasteiger partial charge in [0.15, 0.2) is 5.60 Å². The third-order valence-electron chi connectivity index (χ3n) is 10.8. The second-order valence-electron chi connectivity index (χ2n) is 14.3. The van der Waals surface area contributed by atoms with Gasteiger partial charge < -0.3 is 35.3 Å². The van der Waals surface area contributed by atoms with E-state index in [4.69, 9.17) is 4.74 Å². The summed E-state index contributed by atoms with van der Waals surface area (Å²) in [4.78, 5) is 30.2. The zero-order valence-corrected chi connectivity index (χ0v) is 29.1. The lowest BCUT2D eigenvalue weighted by atomic mass is 9.73. The summed E-state index contributed by atoms with van der Waals surface area (Å²) in [6.07, 6.45) is 14.7. The van der Waals surface area contributed by atoms with Crippen LogP contribution in [0, 0.1) is 11.8 Å². The standard InChI is InChI=1S/C40H57N3O6/c44-35-20-18-33(34-19-21-37(46)42-38(34)35)36(45)28-41-24-12-4-2-1-3-5-13-25-43-26-22-30(23-27-43)29-49-39(47)40(48,31-14-8-6-9-15-31)32-16-10-7-11-17-32/h6,8-9,14-15,18-21,30,32,36,41,44-45,48H,1-5,7,10-13,16-17,22-29H2,(H,42,46)/t36-,40-/m0/s1. The highest BCUT2D eigenvalue weighted by atomic mass is 16.5. The first kappa shape index (κ1) is 37.0. The van der Waals surface area contributed by atoms with Gasteiger partial charge in [0, 0.05) is 23.9 Å². The van der Waals surface area contributed by atoms with Gasteiger partial charge in [-0.15, -0.1) is 0 Å². The van der Waals surface area contributed by atoms with E-state index in [-0.39, 0.29) is 17.2 Å². The Morgan fingerprint density at radius 3 is 2.33 bits per heavy atom. The molecule has 1 aliphatic heterocycles. The van der Waals surface area contributed by atoms with Crippen LogP contribution in [0.3, 0.4) is 0 Å². The summed E-state index contributed by atoms with van der Waals surface area (Å²) in [5.74, 6) is -0.208. The van der Waals surface area contributed by atoms with Crippen molar-refractivity contribution in [1.29, 1.82) is 0 Å². The molecule has 2 fully saturated rings. The number of fused-ring (bicyclic) bond motifs is 1. The number of phenols is 1. The highest BCUT2D eigenvalue weighted by molar-refractivity contribution is 5.87. The number of aliphatic hydroxyl groups is 2. The lowest BCUT2D eigenvalue weighted by Crippen LogP contribution is -2.46. The Morgan fingerprint density at radius 1 is 0.898 bits per heavy atom. The van der Waals surface area contributed by atoms with Crippen LogP contribution < -0.4 is 10.9 Å². The van der Waals surface area contributed by atoms with Crippen LogP contribution in [-0.2, 0) is 15.1 Å². The van der Waals surface area contributed by atoms with Crippen molar-refractivity contribution in [3.8, 4) is 5.75 Å². The van der Waals surface area contributed by atoms with Crippen LogP contribution in [0.2, 0.25) is 0 Å². The molecule has 1 saturated heterocycles. The second-order valence-corrected chi connectivity index (χ2v) is 14.3. The van der Waals surface area contributed by atoms with E-state index in [1.165, 1.54) is 44.2 Å². The number of H-pyrrole nitrogens is 1. The van der Waals surface area contributed by atoms with Gasteiger partial charge in [-0.1, -0.05) is 87.8 Å². The number of likely N-dealkylation sites (tertiary alicyclic amines) is 1. The van der Waals surface area contributed by atoms with E-state index < -0.39 is 17.7 Å². The van der Waals surface area contributed by atoms with Gasteiger partial charge in [0.2, 0.25) is 5.56 Å². The number of aromatic amines is 1. The Balaban J connectivity index is 0.888. The Bertz CT molecular complexity index is 1500. The number of hydrogen-bond donors (Lipinski definition) is 5. The molecular weight excluding hydrogens is 618 g/mol. The number of aromatic nitrogens is 1. The van der Waals surface area contributed by atoms with Crippen molar-refractivity contribution in [2.45, 2.75) is 102 Å². The molecule has 2 heterocycles. The zero-order valence-electron chi connectivity index (χ0n) is 29.1. The van der Waals surface area contributed by atoms with Crippen molar-refractivity contribution < 1.29 is 24.9 Å². The molecule has 0 unspecified atom stereocenters. The fourth-order valence-electron chi connectivity index (χ4n) is 7.78. The summed E-state index contributed by atoms with van der Waals surface area (Å²) in [5.41, 5.74) is -0.143. The van der Waals surface area contributed by atoms with Crippen LogP contribution >= 0.6 is 0 Å². The third-order valence-corrected chi connectivity index (χ3v) is 10.8. The normalized spacial score (nSPS) is 18.3. The number of hydrogen-bond acceptors (Lipinski definition) is 8. The average molecular weight is 676 g/mol. The van der Waals surface area contributed by atoms with Gasteiger partial charge in [0.25, 0.3) is 0 Å². The largest absolute Gasteiger partial charge is 0.506 e. The number of piperidine rings is 1. The number of aliphatic hydroxyl groups excluding tert-OH is 1. The first-order valence-corrected chi connectivity index (χ1v) is 18.8. The quantitative estimate of drug-likeness (QED) is 0.0782. The number of carbonyl (C=O) groups excluding carboxylic acids is 1. The van der Waals surface area contributed by atoms with Crippen LogP contribution in [0.4, 0.5) is 0 Å². The second kappa shape index (κ2) is 18.7. The predicted molar refractivity (Wildman–Crippen MR) is 193 cm³/mol. The summed E-state index contributed by atoms with van der Waals surface area (Å²) < 4.78 is 5.87. The average Bonchev–Trinajstić information content (AvgIpc) is 3.14. The van der Waals surface area contributed by atoms with E-state index in [0.29, 0.717) is 41.1 Å². The molecule has 3 aromatic rings. The topological polar surface area (TPSA) is 135 Å². The molecule has 0 radical (unpaired) electrons. The van der Waals surface area contributed by atoms with Gasteiger partial charge in [0.1, 0.15) is 5.75 Å². The Labute approximate surface area is 291 Å². The summed E-state index contributed by atoms with van der Waals surface area (Å²) in [7, 11) is 0. The summed E-state index contributed by atoms with van der Waals surface area (Å²) in [6.45, 7) is 4.85. The highest BCUT2D eigenvalue weighted by Gasteiger charge is 2.47. The molecule has 9 heteroatoms. The Morgan fingerprint density at radius 2 is 1.59 bits per heavy atom. The fourth-order valence-corrected chi connectivity index (χ4v) is 7.78. The molecule has 0 amide bonds. The summed E-state index contributed by atoms with van der Waals surface area (Å²) in [6, 6.07) is 15.7. The van der Waals surface area contributed by atoms with Crippen molar-refractivity contribution in [2.75, 3.05) is 39.3 Å². The molecule has 1 aromatic heterocycles. The number of esters is 1. The Hall–Kier alpha value is -3.24. The molecule has 9 nitrogen and oxygen atoms in total. The van der Waals surface area contributed by atoms with Gasteiger partial charge >= 0.3 is 5.97 Å². The highest BCUT2D eigenvalue weighted by Crippen LogP contribution is 2.40. The van der Waals surface area contributed by atoms with E-state index in [9.17, 15) is 24.9 Å².